The fraction of sp³-hybridized carbons (Fsp3) is 0.808. The summed E-state index contributed by atoms with van der Waals surface area (Å²) in [5.41, 5.74) is 0. The number of carbonyl (C=O) groups excluding carboxylic acids is 5. The third-order valence-electron chi connectivity index (χ3n) is 6.69. The Bertz CT molecular complexity index is 827. The number of rotatable bonds is 26. The molecule has 0 spiro atoms. The van der Waals surface area contributed by atoms with Crippen LogP contribution in [0, 0.1) is 0 Å². The van der Waals surface area contributed by atoms with Crippen LogP contribution in [0.2, 0.25) is 0 Å². The molecule has 0 radical (unpaired) electrons. The highest BCUT2D eigenvalue weighted by Crippen LogP contribution is 2.30. The van der Waals surface area contributed by atoms with Gasteiger partial charge in [0.05, 0.1) is 24.4 Å². The lowest BCUT2D eigenvalue weighted by Gasteiger charge is -2.21. The summed E-state index contributed by atoms with van der Waals surface area (Å²) in [5, 5.41) is 11.1. The summed E-state index contributed by atoms with van der Waals surface area (Å²) < 4.78 is 1.65. The lowest BCUT2D eigenvalue weighted by atomic mass is 10.0. The number of amides is 4. The van der Waals surface area contributed by atoms with Crippen molar-refractivity contribution in [2.45, 2.75) is 89.2 Å². The van der Waals surface area contributed by atoms with E-state index in [0.717, 1.165) is 51.5 Å². The van der Waals surface area contributed by atoms with Gasteiger partial charge in [-0.25, -0.2) is 0 Å². The Balaban J connectivity index is 4.58. The summed E-state index contributed by atoms with van der Waals surface area (Å²) in [6.45, 7) is 6.00. The molecule has 4 amide bonds. The Morgan fingerprint density at radius 1 is 0.667 bits per heavy atom. The zero-order valence-corrected chi connectivity index (χ0v) is 28.2. The second-order valence-corrected chi connectivity index (χ2v) is 13.1. The number of hydrogen-bond donors (Lipinski definition) is 5. The van der Waals surface area contributed by atoms with E-state index >= 15 is 0 Å². The molecule has 0 saturated carbocycles. The lowest BCUT2D eigenvalue weighted by Crippen LogP contribution is -2.47. The van der Waals surface area contributed by atoms with Crippen molar-refractivity contribution in [3.05, 3.63) is 0 Å². The van der Waals surface area contributed by atoms with Crippen LogP contribution in [0.3, 0.4) is 0 Å². The largest absolute Gasteiger partial charge is 0.406 e. The predicted molar refractivity (Wildman–Crippen MR) is 182 cm³/mol. The van der Waals surface area contributed by atoms with Crippen LogP contribution in [-0.4, -0.2) is 114 Å². The van der Waals surface area contributed by atoms with Crippen LogP contribution in [0.25, 0.3) is 0 Å². The van der Waals surface area contributed by atoms with Gasteiger partial charge in [0.2, 0.25) is 31.6 Å². The van der Waals surface area contributed by atoms with Gasteiger partial charge in [0.15, 0.2) is 16.0 Å². The number of Topliss-reactive ketones (excluding diaryl/α,β-unsaturated/α-hetero) is 1. The van der Waals surface area contributed by atoms with Gasteiger partial charge >= 0.3 is 0 Å². The van der Waals surface area contributed by atoms with E-state index < -0.39 is 4.75 Å². The number of carbonyl (C=O) groups is 5. The monoisotopic (exact) mass is 626 g/mol. The minimum Gasteiger partial charge on any atom is -0.406 e. The van der Waals surface area contributed by atoms with Gasteiger partial charge in [-0.3, -0.25) is 28.9 Å². The van der Waals surface area contributed by atoms with E-state index in [0.29, 0.717) is 45.3 Å². The van der Waals surface area contributed by atoms with E-state index in [4.69, 9.17) is 0 Å². The van der Waals surface area contributed by atoms with E-state index in [1.54, 1.807) is 7.98 Å². The molecule has 0 aliphatic carbocycles. The first-order chi connectivity index (χ1) is 19.9. The summed E-state index contributed by atoms with van der Waals surface area (Å²) >= 11 is 4.16. The van der Waals surface area contributed by atoms with Crippen LogP contribution >= 0.6 is 22.5 Å². The Labute approximate surface area is 265 Å². The first kappa shape index (κ1) is 40.4. The van der Waals surface area contributed by atoms with Crippen LogP contribution in [0.15, 0.2) is 0 Å². The Kier molecular flexibility index (Phi) is 23.8. The number of hydrogen-bond acceptors (Lipinski definition) is 9. The normalized spacial score (nSPS) is 11.4. The number of unbranched alkanes of at least 4 members (excludes halogenated alkanes) is 6. The minimum atomic E-state index is -0.503. The third kappa shape index (κ3) is 22.9. The van der Waals surface area contributed by atoms with Crippen molar-refractivity contribution < 1.29 is 24.0 Å². The molecule has 11 nitrogen and oxygen atoms in total. The summed E-state index contributed by atoms with van der Waals surface area (Å²) in [7, 11) is 6.94. The van der Waals surface area contributed by atoms with Crippen LogP contribution in [0.4, 0.5) is 0 Å². The first-order valence-electron chi connectivity index (χ1n) is 15.1. The number of thiol groups is 1. The van der Waals surface area contributed by atoms with Gasteiger partial charge in [-0.1, -0.05) is 30.1 Å². The summed E-state index contributed by atoms with van der Waals surface area (Å²) in [6.07, 6.45) is 8.62. The molecule has 0 aliphatic heterocycles. The van der Waals surface area contributed by atoms with Crippen LogP contribution in [0.5, 0.6) is 0 Å². The molecule has 0 aromatic heterocycles. The molecule has 0 unspecified atom stereocenters. The highest BCUT2D eigenvalue weighted by molar-refractivity contribution is 8.69. The summed E-state index contributed by atoms with van der Waals surface area (Å²) in [4.78, 5) is 62.8. The van der Waals surface area contributed by atoms with Gasteiger partial charge in [0, 0.05) is 32.5 Å². The van der Waals surface area contributed by atoms with E-state index in [1.165, 1.54) is 15.7 Å². The molecule has 0 aromatic rings. The van der Waals surface area contributed by atoms with Gasteiger partial charge < -0.3 is 25.9 Å². The smallest absolute Gasteiger partial charge is 0.234 e. The SMILES string of the molecule is BNC(=O)CCCCNC(=O)CN(CC(=O)NCCCCCCN(B)B)CC(=O)NCCCCCC(=O)C(C)(C)SS. The second kappa shape index (κ2) is 24.8. The molecule has 0 heterocycles. The molecular weight excluding hydrogens is 573 g/mol. The number of nitrogens with one attached hydrogen (secondary N) is 4. The molecule has 0 bridgehead atoms. The van der Waals surface area contributed by atoms with E-state index in [-0.39, 0.29) is 49.0 Å². The maximum atomic E-state index is 12.6. The van der Waals surface area contributed by atoms with Crippen LogP contribution in [0.1, 0.15) is 84.5 Å². The van der Waals surface area contributed by atoms with Gasteiger partial charge in [0.1, 0.15) is 5.78 Å². The molecule has 0 atom stereocenters. The molecule has 0 aromatic carbocycles. The Morgan fingerprint density at radius 3 is 1.55 bits per heavy atom. The average Bonchev–Trinajstić information content (AvgIpc) is 2.93. The molecule has 4 N–H and O–H groups in total. The molecule has 0 rings (SSSR count). The third-order valence-corrected chi connectivity index (χ3v) is 8.74. The zero-order chi connectivity index (χ0) is 31.8. The van der Waals surface area contributed by atoms with Gasteiger partial charge in [0.25, 0.3) is 0 Å². The summed E-state index contributed by atoms with van der Waals surface area (Å²) in [5.74, 6) is -0.631. The van der Waals surface area contributed by atoms with E-state index in [2.05, 4.69) is 53.5 Å². The van der Waals surface area contributed by atoms with Crippen molar-refractivity contribution in [3.63, 3.8) is 0 Å². The second-order valence-electron chi connectivity index (χ2n) is 11.4. The van der Waals surface area contributed by atoms with Crippen molar-refractivity contribution in [2.75, 3.05) is 45.8 Å². The van der Waals surface area contributed by atoms with Crippen LogP contribution in [-0.2, 0) is 24.0 Å². The topological polar surface area (TPSA) is 140 Å². The molecule has 0 saturated heterocycles. The summed E-state index contributed by atoms with van der Waals surface area (Å²) in [6, 6.07) is 0. The molecule has 16 heteroatoms. The number of nitrogens with zero attached hydrogens (tertiary/aromatic N) is 2. The predicted octanol–water partition coefficient (Wildman–Crippen LogP) is -1.08. The maximum absolute atomic E-state index is 12.6. The van der Waals surface area contributed by atoms with Crippen molar-refractivity contribution in [2.24, 2.45) is 0 Å². The lowest BCUT2D eigenvalue weighted by molar-refractivity contribution is -0.128. The van der Waals surface area contributed by atoms with Gasteiger partial charge in [-0.15, -0.1) is 11.7 Å². The highest BCUT2D eigenvalue weighted by atomic mass is 33.1. The van der Waals surface area contributed by atoms with Crippen molar-refractivity contribution in [3.8, 4) is 0 Å². The quantitative estimate of drug-likeness (QED) is 0.0354. The molecule has 238 valence electrons. The van der Waals surface area contributed by atoms with Crippen LogP contribution < -0.4 is 21.2 Å². The molecular formula is C26H53B3N6O5S2. The maximum Gasteiger partial charge on any atom is 0.234 e. The number of ketones is 1. The highest BCUT2D eigenvalue weighted by Gasteiger charge is 2.26. The van der Waals surface area contributed by atoms with E-state index in [1.807, 2.05) is 13.8 Å². The van der Waals surface area contributed by atoms with Crippen molar-refractivity contribution in [1.29, 1.82) is 0 Å². The van der Waals surface area contributed by atoms with Crippen molar-refractivity contribution in [1.82, 2.24) is 30.8 Å². The average molecular weight is 626 g/mol. The molecule has 0 aliphatic rings. The fourth-order valence-corrected chi connectivity index (χ4v) is 4.52. The Morgan fingerprint density at radius 2 is 1.10 bits per heavy atom. The zero-order valence-electron chi connectivity index (χ0n) is 26.5. The molecule has 0 fully saturated rings. The fourth-order valence-electron chi connectivity index (χ4n) is 4.01. The molecule has 42 heavy (non-hydrogen) atoms. The minimum absolute atomic E-state index is 0.0388. The first-order valence-corrected chi connectivity index (χ1v) is 17.0. The standard InChI is InChI=1S/C26H53B3N6O5S2/c1-26(2,42-41)21(36)12-6-5-9-15-31-24(39)19-34(20-25(40)32-16-10-7-13-22(37)33-27)18-23(38)30-14-8-3-4-11-17-35(28)29/h41H,3-20,27-29H2,1-2H3,(H,30,38)(H,31,39)(H,32,40)(H,33,37). The van der Waals surface area contributed by atoms with Gasteiger partial charge in [-0.05, 0) is 58.9 Å². The van der Waals surface area contributed by atoms with E-state index in [9.17, 15) is 24.0 Å². The van der Waals surface area contributed by atoms with Gasteiger partial charge in [-0.2, -0.15) is 0 Å². The van der Waals surface area contributed by atoms with Crippen molar-refractivity contribution >= 4 is 75.8 Å². The Hall–Kier alpha value is -1.64.